The van der Waals surface area contributed by atoms with Crippen LogP contribution in [0.2, 0.25) is 0 Å². The molecule has 4 heteroatoms. The predicted octanol–water partition coefficient (Wildman–Crippen LogP) is 1.92. The van der Waals surface area contributed by atoms with E-state index < -0.39 is 0 Å². The molecule has 1 aromatic carbocycles. The second-order valence-corrected chi connectivity index (χ2v) is 4.49. The van der Waals surface area contributed by atoms with Gasteiger partial charge in [-0.3, -0.25) is 9.59 Å². The number of carbonyl (C=O) groups excluding carboxylic acids is 2. The summed E-state index contributed by atoms with van der Waals surface area (Å²) in [7, 11) is 0. The lowest BCUT2D eigenvalue weighted by atomic mass is 10.1. The zero-order valence-electron chi connectivity index (χ0n) is 9.98. The molecule has 0 unspecified atom stereocenters. The summed E-state index contributed by atoms with van der Waals surface area (Å²) < 4.78 is 0. The van der Waals surface area contributed by atoms with Crippen molar-refractivity contribution < 1.29 is 9.59 Å². The molecular weight excluding hydrogens is 228 g/mol. The van der Waals surface area contributed by atoms with Crippen LogP contribution in [-0.2, 0) is 0 Å². The van der Waals surface area contributed by atoms with Crippen LogP contribution in [0.25, 0.3) is 0 Å². The van der Waals surface area contributed by atoms with Gasteiger partial charge >= 0.3 is 0 Å². The maximum Gasteiger partial charge on any atom is 0.251 e. The highest BCUT2D eigenvalue weighted by Gasteiger charge is 2.21. The first-order valence-corrected chi connectivity index (χ1v) is 5.99. The first-order chi connectivity index (χ1) is 8.70. The molecule has 0 aliphatic heterocycles. The van der Waals surface area contributed by atoms with E-state index in [-0.39, 0.29) is 18.1 Å². The number of Topliss-reactive ketones (excluding diaryl/α,β-unsaturated/α-hetero) is 1. The van der Waals surface area contributed by atoms with E-state index in [1.165, 1.54) is 12.8 Å². The molecule has 2 rings (SSSR count). The van der Waals surface area contributed by atoms with Crippen LogP contribution in [0, 0.1) is 17.2 Å². The van der Waals surface area contributed by atoms with Crippen molar-refractivity contribution in [2.45, 2.75) is 19.3 Å². The Morgan fingerprint density at radius 3 is 2.39 bits per heavy atom. The van der Waals surface area contributed by atoms with Gasteiger partial charge in [0.05, 0.1) is 12.5 Å². The van der Waals surface area contributed by atoms with E-state index in [0.717, 1.165) is 6.54 Å². The van der Waals surface area contributed by atoms with Crippen molar-refractivity contribution >= 4 is 11.7 Å². The average Bonchev–Trinajstić information content (AvgIpc) is 3.20. The molecule has 0 bridgehead atoms. The van der Waals surface area contributed by atoms with Gasteiger partial charge in [-0.05, 0) is 30.9 Å². The van der Waals surface area contributed by atoms with E-state index in [2.05, 4.69) is 5.32 Å². The molecule has 0 aromatic heterocycles. The van der Waals surface area contributed by atoms with Gasteiger partial charge in [0.25, 0.3) is 5.91 Å². The minimum atomic E-state index is -0.220. The molecule has 0 radical (unpaired) electrons. The molecule has 1 fully saturated rings. The number of nitrogens with zero attached hydrogens (tertiary/aromatic N) is 1. The van der Waals surface area contributed by atoms with Crippen LogP contribution in [0.4, 0.5) is 0 Å². The van der Waals surface area contributed by atoms with Crippen molar-refractivity contribution in [1.82, 2.24) is 5.32 Å². The zero-order valence-corrected chi connectivity index (χ0v) is 9.98. The smallest absolute Gasteiger partial charge is 0.251 e. The number of nitrogens with one attached hydrogen (secondary N) is 1. The standard InChI is InChI=1S/C14H14N2O2/c15-8-7-13(17)11-3-5-12(6-4-11)14(18)16-9-10-1-2-10/h3-6,10H,1-2,7,9H2,(H,16,18). The molecule has 0 spiro atoms. The normalized spacial score (nSPS) is 13.7. The van der Waals surface area contributed by atoms with Gasteiger partial charge in [0.1, 0.15) is 0 Å². The lowest BCUT2D eigenvalue weighted by Crippen LogP contribution is -2.25. The van der Waals surface area contributed by atoms with Crippen molar-refractivity contribution in [3.63, 3.8) is 0 Å². The Balaban J connectivity index is 1.95. The quantitative estimate of drug-likeness (QED) is 0.802. The first-order valence-electron chi connectivity index (χ1n) is 5.99. The van der Waals surface area contributed by atoms with Crippen molar-refractivity contribution in [3.05, 3.63) is 35.4 Å². The third kappa shape index (κ3) is 3.17. The van der Waals surface area contributed by atoms with E-state index in [0.29, 0.717) is 17.0 Å². The lowest BCUT2D eigenvalue weighted by molar-refractivity contribution is 0.0949. The van der Waals surface area contributed by atoms with Gasteiger partial charge in [-0.25, -0.2) is 0 Å². The second-order valence-electron chi connectivity index (χ2n) is 4.49. The number of benzene rings is 1. The second kappa shape index (κ2) is 5.46. The number of hydrogen-bond donors (Lipinski definition) is 1. The van der Waals surface area contributed by atoms with E-state index in [1.807, 2.05) is 6.07 Å². The largest absolute Gasteiger partial charge is 0.352 e. The Labute approximate surface area is 106 Å². The van der Waals surface area contributed by atoms with E-state index >= 15 is 0 Å². The number of nitriles is 1. The summed E-state index contributed by atoms with van der Waals surface area (Å²) in [5, 5.41) is 11.3. The fourth-order valence-electron chi connectivity index (χ4n) is 1.64. The third-order valence-corrected chi connectivity index (χ3v) is 2.96. The first kappa shape index (κ1) is 12.3. The van der Waals surface area contributed by atoms with Gasteiger partial charge in [-0.2, -0.15) is 5.26 Å². The Morgan fingerprint density at radius 1 is 1.22 bits per heavy atom. The summed E-state index contributed by atoms with van der Waals surface area (Å²) in [5.74, 6) is 0.314. The molecule has 1 saturated carbocycles. The fourth-order valence-corrected chi connectivity index (χ4v) is 1.64. The van der Waals surface area contributed by atoms with Crippen LogP contribution in [0.5, 0.6) is 0 Å². The molecule has 1 aromatic rings. The maximum atomic E-state index is 11.7. The van der Waals surface area contributed by atoms with Gasteiger partial charge < -0.3 is 5.32 Å². The van der Waals surface area contributed by atoms with E-state index in [1.54, 1.807) is 24.3 Å². The Kier molecular flexibility index (Phi) is 3.73. The van der Waals surface area contributed by atoms with Crippen LogP contribution in [0.3, 0.4) is 0 Å². The topological polar surface area (TPSA) is 70.0 Å². The van der Waals surface area contributed by atoms with Crippen LogP contribution in [-0.4, -0.2) is 18.2 Å². The van der Waals surface area contributed by atoms with Crippen molar-refractivity contribution in [2.24, 2.45) is 5.92 Å². The summed E-state index contributed by atoms with van der Waals surface area (Å²) in [6, 6.07) is 8.23. The Hall–Kier alpha value is -2.15. The van der Waals surface area contributed by atoms with Crippen molar-refractivity contribution in [2.75, 3.05) is 6.54 Å². The summed E-state index contributed by atoms with van der Waals surface area (Å²) in [6.07, 6.45) is 2.26. The number of hydrogen-bond acceptors (Lipinski definition) is 3. The molecule has 1 amide bonds. The Bertz CT molecular complexity index is 496. The van der Waals surface area contributed by atoms with Crippen molar-refractivity contribution in [3.8, 4) is 6.07 Å². The van der Waals surface area contributed by atoms with Crippen LogP contribution in [0.1, 0.15) is 40.0 Å². The molecule has 4 nitrogen and oxygen atoms in total. The van der Waals surface area contributed by atoms with Crippen LogP contribution in [0.15, 0.2) is 24.3 Å². The average molecular weight is 242 g/mol. The van der Waals surface area contributed by atoms with Gasteiger partial charge in [-0.1, -0.05) is 12.1 Å². The van der Waals surface area contributed by atoms with Gasteiger partial charge in [0.2, 0.25) is 0 Å². The highest BCUT2D eigenvalue weighted by molar-refractivity contribution is 5.99. The zero-order chi connectivity index (χ0) is 13.0. The predicted molar refractivity (Wildman–Crippen MR) is 66.1 cm³/mol. The molecule has 1 aliphatic carbocycles. The van der Waals surface area contributed by atoms with E-state index in [9.17, 15) is 9.59 Å². The highest BCUT2D eigenvalue weighted by atomic mass is 16.1. The summed E-state index contributed by atoms with van der Waals surface area (Å²) >= 11 is 0. The van der Waals surface area contributed by atoms with Crippen LogP contribution < -0.4 is 5.32 Å². The van der Waals surface area contributed by atoms with E-state index in [4.69, 9.17) is 5.26 Å². The molecular formula is C14H14N2O2. The molecule has 0 heterocycles. The van der Waals surface area contributed by atoms with Crippen LogP contribution >= 0.6 is 0 Å². The number of ketones is 1. The Morgan fingerprint density at radius 2 is 1.83 bits per heavy atom. The SMILES string of the molecule is N#CCC(=O)c1ccc(C(=O)NCC2CC2)cc1. The van der Waals surface area contributed by atoms with Gasteiger partial charge in [-0.15, -0.1) is 0 Å². The summed E-state index contributed by atoms with van der Waals surface area (Å²) in [4.78, 5) is 23.2. The monoisotopic (exact) mass is 242 g/mol. The third-order valence-electron chi connectivity index (χ3n) is 2.96. The molecule has 92 valence electrons. The summed E-state index contributed by atoms with van der Waals surface area (Å²) in [5.41, 5.74) is 1.01. The minimum Gasteiger partial charge on any atom is -0.352 e. The molecule has 0 saturated heterocycles. The maximum absolute atomic E-state index is 11.7. The lowest BCUT2D eigenvalue weighted by Gasteiger charge is -2.04. The minimum absolute atomic E-state index is 0.110. The number of amides is 1. The summed E-state index contributed by atoms with van der Waals surface area (Å²) in [6.45, 7) is 0.730. The van der Waals surface area contributed by atoms with Gasteiger partial charge in [0, 0.05) is 17.7 Å². The molecule has 1 N–H and O–H groups in total. The van der Waals surface area contributed by atoms with Gasteiger partial charge in [0.15, 0.2) is 5.78 Å². The number of carbonyl (C=O) groups is 2. The molecule has 0 atom stereocenters. The highest BCUT2D eigenvalue weighted by Crippen LogP contribution is 2.27. The fraction of sp³-hybridized carbons (Fsp3) is 0.357. The molecule has 1 aliphatic rings. The molecule has 18 heavy (non-hydrogen) atoms. The van der Waals surface area contributed by atoms with Crippen molar-refractivity contribution in [1.29, 1.82) is 5.26 Å². The number of rotatable bonds is 5.